The Morgan fingerprint density at radius 3 is 1.85 bits per heavy atom. The zero-order valence-corrected chi connectivity index (χ0v) is 24.9. The standard InChI is InChI=1S/C17H21N3O4.C10H13BrN2O3/c1-11-7-14(10-19(3)17(11)21)13-5-6-16(20(22)23)15(8-13)18-9-12(2)24-4;1-7(16-2)6-12-9-5-8(11)3-4-10(9)13(14)15/h5-8,10,12,18H,9H2,1-4H3;3-5,7,12H,6H2,1-2H3. The molecule has 0 aliphatic carbocycles. The van der Waals surface area contributed by atoms with Crippen LogP contribution in [0.5, 0.6) is 0 Å². The first-order valence-electron chi connectivity index (χ1n) is 12.3. The highest BCUT2D eigenvalue weighted by Crippen LogP contribution is 2.31. The Hall–Kier alpha value is -3.81. The molecule has 0 fully saturated rings. The van der Waals surface area contributed by atoms with Crippen LogP contribution < -0.4 is 16.2 Å². The summed E-state index contributed by atoms with van der Waals surface area (Å²) in [5.41, 5.74) is 3.16. The van der Waals surface area contributed by atoms with Gasteiger partial charge in [0.1, 0.15) is 11.4 Å². The van der Waals surface area contributed by atoms with Crippen LogP contribution in [-0.4, -0.2) is 53.9 Å². The largest absolute Gasteiger partial charge is 0.380 e. The molecule has 0 aliphatic rings. The third kappa shape index (κ3) is 9.14. The lowest BCUT2D eigenvalue weighted by Gasteiger charge is -2.13. The second-order valence-corrected chi connectivity index (χ2v) is 10.0. The number of benzene rings is 2. The van der Waals surface area contributed by atoms with Crippen LogP contribution in [0.2, 0.25) is 0 Å². The van der Waals surface area contributed by atoms with Crippen LogP contribution in [0.1, 0.15) is 19.4 Å². The van der Waals surface area contributed by atoms with Gasteiger partial charge in [0.05, 0.1) is 22.1 Å². The molecule has 40 heavy (non-hydrogen) atoms. The smallest absolute Gasteiger partial charge is 0.292 e. The Morgan fingerprint density at radius 1 is 0.875 bits per heavy atom. The lowest BCUT2D eigenvalue weighted by Crippen LogP contribution is -2.19. The molecule has 1 aromatic heterocycles. The van der Waals surface area contributed by atoms with Gasteiger partial charge in [0.2, 0.25) is 0 Å². The van der Waals surface area contributed by atoms with Gasteiger partial charge in [0, 0.05) is 62.7 Å². The number of ether oxygens (including phenoxy) is 2. The van der Waals surface area contributed by atoms with Crippen molar-refractivity contribution in [2.75, 3.05) is 37.9 Å². The topological polar surface area (TPSA) is 151 Å². The third-order valence-corrected chi connectivity index (χ3v) is 6.50. The molecule has 0 saturated heterocycles. The van der Waals surface area contributed by atoms with E-state index < -0.39 is 9.85 Å². The third-order valence-electron chi connectivity index (χ3n) is 6.01. The van der Waals surface area contributed by atoms with Gasteiger partial charge in [-0.15, -0.1) is 0 Å². The summed E-state index contributed by atoms with van der Waals surface area (Å²) in [5, 5.41) is 28.0. The molecule has 13 heteroatoms. The quantitative estimate of drug-likeness (QED) is 0.209. The van der Waals surface area contributed by atoms with E-state index in [0.29, 0.717) is 30.0 Å². The highest BCUT2D eigenvalue weighted by molar-refractivity contribution is 9.10. The zero-order valence-electron chi connectivity index (χ0n) is 23.3. The number of nitrogens with one attached hydrogen (secondary N) is 2. The van der Waals surface area contributed by atoms with Gasteiger partial charge in [-0.05, 0) is 62.2 Å². The molecular weight excluding hydrogens is 586 g/mol. The number of halogens is 1. The molecule has 1 heterocycles. The molecule has 2 aromatic carbocycles. The summed E-state index contributed by atoms with van der Waals surface area (Å²) in [7, 11) is 4.87. The Morgan fingerprint density at radius 2 is 1.38 bits per heavy atom. The number of aryl methyl sites for hydroxylation is 2. The maximum atomic E-state index is 11.8. The van der Waals surface area contributed by atoms with Gasteiger partial charge >= 0.3 is 0 Å². The van der Waals surface area contributed by atoms with E-state index in [9.17, 15) is 25.0 Å². The fourth-order valence-corrected chi connectivity index (χ4v) is 3.90. The van der Waals surface area contributed by atoms with Crippen molar-refractivity contribution in [3.63, 3.8) is 0 Å². The van der Waals surface area contributed by atoms with E-state index in [1.54, 1.807) is 64.7 Å². The summed E-state index contributed by atoms with van der Waals surface area (Å²) in [5.74, 6) is 0. The fraction of sp³-hybridized carbons (Fsp3) is 0.370. The first-order chi connectivity index (χ1) is 18.9. The number of anilines is 2. The normalized spacial score (nSPS) is 12.1. The van der Waals surface area contributed by atoms with Crippen molar-refractivity contribution in [3.05, 3.63) is 89.3 Å². The molecule has 3 aromatic rings. The summed E-state index contributed by atoms with van der Waals surface area (Å²) in [6.07, 6.45) is 1.64. The molecule has 0 bridgehead atoms. The van der Waals surface area contributed by atoms with Gasteiger partial charge < -0.3 is 24.7 Å². The second-order valence-electron chi connectivity index (χ2n) is 9.09. The number of pyridine rings is 1. The molecule has 0 amide bonds. The van der Waals surface area contributed by atoms with Gasteiger partial charge in [0.15, 0.2) is 0 Å². The van der Waals surface area contributed by atoms with E-state index in [2.05, 4.69) is 26.6 Å². The van der Waals surface area contributed by atoms with E-state index in [1.165, 1.54) is 16.7 Å². The number of rotatable bonds is 11. The van der Waals surface area contributed by atoms with Crippen LogP contribution in [-0.2, 0) is 16.5 Å². The lowest BCUT2D eigenvalue weighted by atomic mass is 10.0. The van der Waals surface area contributed by atoms with E-state index in [0.717, 1.165) is 15.6 Å². The number of nitro benzene ring substituents is 2. The Bertz CT molecular complexity index is 1370. The molecule has 0 saturated carbocycles. The minimum atomic E-state index is -0.421. The Kier molecular flexibility index (Phi) is 12.2. The summed E-state index contributed by atoms with van der Waals surface area (Å²) in [6.45, 7) is 6.48. The molecule has 2 N–H and O–H groups in total. The number of aromatic nitrogens is 1. The van der Waals surface area contributed by atoms with E-state index in [1.807, 2.05) is 13.8 Å². The second kappa shape index (κ2) is 15.1. The van der Waals surface area contributed by atoms with Gasteiger partial charge in [-0.3, -0.25) is 25.0 Å². The highest BCUT2D eigenvalue weighted by atomic mass is 79.9. The molecule has 2 unspecified atom stereocenters. The molecular formula is C27H34BrN5O7. The monoisotopic (exact) mass is 619 g/mol. The molecule has 0 aliphatic heterocycles. The summed E-state index contributed by atoms with van der Waals surface area (Å²) >= 11 is 3.28. The van der Waals surface area contributed by atoms with Crippen LogP contribution in [0.4, 0.5) is 22.7 Å². The number of nitro groups is 2. The predicted molar refractivity (Wildman–Crippen MR) is 159 cm³/mol. The van der Waals surface area contributed by atoms with Crippen LogP contribution in [0.3, 0.4) is 0 Å². The number of nitrogens with zero attached hydrogens (tertiary/aromatic N) is 3. The number of hydrogen-bond donors (Lipinski definition) is 2. The van der Waals surface area contributed by atoms with E-state index in [-0.39, 0.29) is 29.1 Å². The predicted octanol–water partition coefficient (Wildman–Crippen LogP) is 5.52. The Labute approximate surface area is 240 Å². The lowest BCUT2D eigenvalue weighted by molar-refractivity contribution is -0.384. The van der Waals surface area contributed by atoms with E-state index in [4.69, 9.17) is 9.47 Å². The summed E-state index contributed by atoms with van der Waals surface area (Å²) in [6, 6.07) is 11.4. The Balaban J connectivity index is 0.000000305. The minimum Gasteiger partial charge on any atom is -0.380 e. The molecule has 12 nitrogen and oxygen atoms in total. The first kappa shape index (κ1) is 32.4. The van der Waals surface area contributed by atoms with Crippen molar-refractivity contribution >= 4 is 38.7 Å². The summed E-state index contributed by atoms with van der Waals surface area (Å²) < 4.78 is 12.5. The van der Waals surface area contributed by atoms with Crippen LogP contribution in [0.15, 0.2) is 57.9 Å². The molecule has 2 atom stereocenters. The average molecular weight is 621 g/mol. The van der Waals surface area contributed by atoms with Crippen LogP contribution in [0, 0.1) is 27.2 Å². The van der Waals surface area contributed by atoms with Crippen LogP contribution in [0.25, 0.3) is 11.1 Å². The van der Waals surface area contributed by atoms with Gasteiger partial charge in [-0.1, -0.05) is 15.9 Å². The summed E-state index contributed by atoms with van der Waals surface area (Å²) in [4.78, 5) is 33.0. The first-order valence-corrected chi connectivity index (χ1v) is 13.1. The average Bonchev–Trinajstić information content (AvgIpc) is 2.92. The van der Waals surface area contributed by atoms with Crippen molar-refractivity contribution in [2.24, 2.45) is 7.05 Å². The van der Waals surface area contributed by atoms with Crippen molar-refractivity contribution in [1.82, 2.24) is 4.57 Å². The maximum absolute atomic E-state index is 11.8. The molecule has 216 valence electrons. The van der Waals surface area contributed by atoms with Crippen molar-refractivity contribution in [2.45, 2.75) is 33.0 Å². The maximum Gasteiger partial charge on any atom is 0.292 e. The van der Waals surface area contributed by atoms with Gasteiger partial charge in [0.25, 0.3) is 16.9 Å². The molecule has 3 rings (SSSR count). The van der Waals surface area contributed by atoms with Crippen molar-refractivity contribution < 1.29 is 19.3 Å². The minimum absolute atomic E-state index is 0.00131. The van der Waals surface area contributed by atoms with E-state index >= 15 is 0 Å². The molecule has 0 spiro atoms. The molecule has 0 radical (unpaired) electrons. The fourth-order valence-electron chi connectivity index (χ4n) is 3.54. The van der Waals surface area contributed by atoms with Crippen LogP contribution >= 0.6 is 15.9 Å². The SMILES string of the molecule is COC(C)CNc1cc(-c2cc(C)c(=O)n(C)c2)ccc1[N+](=O)[O-].COC(C)CNc1cc(Br)ccc1[N+](=O)[O-]. The number of methoxy groups -OCH3 is 2. The highest BCUT2D eigenvalue weighted by Gasteiger charge is 2.16. The van der Waals surface area contributed by atoms with Gasteiger partial charge in [-0.25, -0.2) is 0 Å². The zero-order chi connectivity index (χ0) is 30.0. The van der Waals surface area contributed by atoms with Crippen molar-refractivity contribution in [1.29, 1.82) is 0 Å². The van der Waals surface area contributed by atoms with Gasteiger partial charge in [-0.2, -0.15) is 0 Å². The van der Waals surface area contributed by atoms with Crippen molar-refractivity contribution in [3.8, 4) is 11.1 Å². The number of hydrogen-bond acceptors (Lipinski definition) is 9.